The van der Waals surface area contributed by atoms with Crippen LogP contribution < -0.4 is 11.3 Å². The summed E-state index contributed by atoms with van der Waals surface area (Å²) in [5.41, 5.74) is 6.03. The van der Waals surface area contributed by atoms with E-state index in [1.165, 1.54) is 11.1 Å². The van der Waals surface area contributed by atoms with E-state index in [-0.39, 0.29) is 0 Å². The lowest BCUT2D eigenvalue weighted by atomic mass is 10.1. The molecule has 0 saturated carbocycles. The lowest BCUT2D eigenvalue weighted by Gasteiger charge is -2.02. The molecule has 0 amide bonds. The number of halogens is 1. The first-order valence-electron chi connectivity index (χ1n) is 4.16. The van der Waals surface area contributed by atoms with Crippen LogP contribution in [0.2, 0.25) is 0 Å². The van der Waals surface area contributed by atoms with Gasteiger partial charge in [0.2, 0.25) is 0 Å². The summed E-state index contributed by atoms with van der Waals surface area (Å²) in [5, 5.41) is 0.751. The van der Waals surface area contributed by atoms with Crippen LogP contribution in [0.1, 0.15) is 11.1 Å². The number of hydrazine groups is 1. The standard InChI is InChI=1S/C9H10BrN3S/c1-4-5(2)8-7(3-6(4)10)14-9(12-8)13-11/h3H,11H2,1-2H3,(H,12,13). The largest absolute Gasteiger partial charge is 0.300 e. The molecule has 0 radical (unpaired) electrons. The molecular weight excluding hydrogens is 262 g/mol. The van der Waals surface area contributed by atoms with Gasteiger partial charge in [-0.05, 0) is 31.0 Å². The molecule has 3 N–H and O–H groups in total. The smallest absolute Gasteiger partial charge is 0.198 e. The average molecular weight is 272 g/mol. The number of nitrogen functional groups attached to an aromatic ring is 1. The number of nitrogens with two attached hydrogens (primary N) is 1. The van der Waals surface area contributed by atoms with E-state index in [9.17, 15) is 0 Å². The molecule has 0 atom stereocenters. The molecule has 0 unspecified atom stereocenters. The minimum Gasteiger partial charge on any atom is -0.300 e. The summed E-state index contributed by atoms with van der Waals surface area (Å²) in [5.74, 6) is 5.33. The molecule has 2 rings (SSSR count). The van der Waals surface area contributed by atoms with Crippen molar-refractivity contribution < 1.29 is 0 Å². The zero-order valence-electron chi connectivity index (χ0n) is 7.89. The number of hydrogen-bond acceptors (Lipinski definition) is 4. The Kier molecular flexibility index (Phi) is 2.47. The fourth-order valence-corrected chi connectivity index (χ4v) is 2.89. The van der Waals surface area contributed by atoms with Crippen molar-refractivity contribution in [3.05, 3.63) is 21.7 Å². The van der Waals surface area contributed by atoms with Crippen molar-refractivity contribution in [1.29, 1.82) is 0 Å². The van der Waals surface area contributed by atoms with Crippen molar-refractivity contribution in [3.8, 4) is 0 Å². The number of fused-ring (bicyclic) bond motifs is 1. The molecule has 2 aromatic rings. The third-order valence-corrected chi connectivity index (χ3v) is 4.07. The van der Waals surface area contributed by atoms with Gasteiger partial charge in [-0.15, -0.1) is 0 Å². The van der Waals surface area contributed by atoms with Crippen LogP contribution in [0.3, 0.4) is 0 Å². The van der Waals surface area contributed by atoms with Gasteiger partial charge < -0.3 is 0 Å². The third kappa shape index (κ3) is 1.41. The van der Waals surface area contributed by atoms with Crippen LogP contribution in [0.25, 0.3) is 10.2 Å². The number of nitrogens with one attached hydrogen (secondary N) is 1. The zero-order valence-corrected chi connectivity index (χ0v) is 10.3. The maximum absolute atomic E-state index is 5.33. The molecule has 5 heteroatoms. The van der Waals surface area contributed by atoms with Gasteiger partial charge in [0.25, 0.3) is 0 Å². The van der Waals surface area contributed by atoms with Crippen LogP contribution in [0.15, 0.2) is 10.5 Å². The van der Waals surface area contributed by atoms with Gasteiger partial charge >= 0.3 is 0 Å². The normalized spacial score (nSPS) is 10.9. The molecule has 0 fully saturated rings. The summed E-state index contributed by atoms with van der Waals surface area (Å²) in [7, 11) is 0. The summed E-state index contributed by atoms with van der Waals surface area (Å²) < 4.78 is 2.27. The number of hydrogen-bond donors (Lipinski definition) is 2. The SMILES string of the molecule is Cc1c(Br)cc2sc(NN)nc2c1C. The second-order valence-corrected chi connectivity index (χ2v) is 5.00. The number of aromatic nitrogens is 1. The van der Waals surface area contributed by atoms with E-state index < -0.39 is 0 Å². The van der Waals surface area contributed by atoms with Gasteiger partial charge in [-0.25, -0.2) is 10.8 Å². The van der Waals surface area contributed by atoms with Crippen molar-refractivity contribution in [3.63, 3.8) is 0 Å². The molecule has 0 saturated heterocycles. The molecule has 3 nitrogen and oxygen atoms in total. The fourth-order valence-electron chi connectivity index (χ4n) is 1.34. The van der Waals surface area contributed by atoms with Gasteiger partial charge in [0.1, 0.15) is 0 Å². The molecule has 0 bridgehead atoms. The summed E-state index contributed by atoms with van der Waals surface area (Å²) in [4.78, 5) is 4.39. The molecule has 1 heterocycles. The summed E-state index contributed by atoms with van der Waals surface area (Å²) in [6.45, 7) is 4.15. The van der Waals surface area contributed by atoms with Crippen molar-refractivity contribution >= 4 is 42.6 Å². The average Bonchev–Trinajstić information content (AvgIpc) is 2.57. The predicted octanol–water partition coefficient (Wildman–Crippen LogP) is 2.96. The second kappa shape index (κ2) is 3.49. The van der Waals surface area contributed by atoms with Crippen LogP contribution >= 0.6 is 27.3 Å². The number of anilines is 1. The number of nitrogens with zero attached hydrogens (tertiary/aromatic N) is 1. The van der Waals surface area contributed by atoms with Gasteiger partial charge in [0.05, 0.1) is 10.2 Å². The van der Waals surface area contributed by atoms with E-state index in [1.54, 1.807) is 11.3 Å². The van der Waals surface area contributed by atoms with E-state index in [2.05, 4.69) is 46.3 Å². The third-order valence-electron chi connectivity index (χ3n) is 2.31. The van der Waals surface area contributed by atoms with Crippen LogP contribution in [0.4, 0.5) is 5.13 Å². The number of thiazole rings is 1. The highest BCUT2D eigenvalue weighted by atomic mass is 79.9. The Labute approximate surface area is 94.4 Å². The van der Waals surface area contributed by atoms with Gasteiger partial charge in [-0.3, -0.25) is 5.43 Å². The monoisotopic (exact) mass is 271 g/mol. The van der Waals surface area contributed by atoms with Crippen LogP contribution in [-0.4, -0.2) is 4.98 Å². The molecule has 0 aliphatic carbocycles. The van der Waals surface area contributed by atoms with E-state index in [4.69, 9.17) is 5.84 Å². The molecule has 0 spiro atoms. The van der Waals surface area contributed by atoms with Gasteiger partial charge in [-0.2, -0.15) is 0 Å². The molecule has 74 valence electrons. The first-order valence-corrected chi connectivity index (χ1v) is 5.77. The highest BCUT2D eigenvalue weighted by Gasteiger charge is 2.09. The maximum Gasteiger partial charge on any atom is 0.198 e. The molecule has 1 aromatic heterocycles. The second-order valence-electron chi connectivity index (χ2n) is 3.12. The molecule has 1 aromatic carbocycles. The summed E-state index contributed by atoms with van der Waals surface area (Å²) in [6.07, 6.45) is 0. The molecule has 0 aliphatic rings. The van der Waals surface area contributed by atoms with Crippen molar-refractivity contribution in [1.82, 2.24) is 4.98 Å². The van der Waals surface area contributed by atoms with Crippen LogP contribution in [-0.2, 0) is 0 Å². The molecule has 14 heavy (non-hydrogen) atoms. The topological polar surface area (TPSA) is 50.9 Å². The molecular formula is C9H10BrN3S. The Hall–Kier alpha value is -0.650. The Morgan fingerprint density at radius 1 is 1.43 bits per heavy atom. The minimum absolute atomic E-state index is 0.751. The van der Waals surface area contributed by atoms with E-state index in [0.717, 1.165) is 19.8 Å². The van der Waals surface area contributed by atoms with Gasteiger partial charge in [0.15, 0.2) is 5.13 Å². The highest BCUT2D eigenvalue weighted by Crippen LogP contribution is 2.33. The summed E-state index contributed by atoms with van der Waals surface area (Å²) >= 11 is 5.08. The first kappa shape index (κ1) is 9.89. The Bertz CT molecular complexity index is 492. The maximum atomic E-state index is 5.33. The highest BCUT2D eigenvalue weighted by molar-refractivity contribution is 9.10. The fraction of sp³-hybridized carbons (Fsp3) is 0.222. The van der Waals surface area contributed by atoms with Crippen LogP contribution in [0.5, 0.6) is 0 Å². The Morgan fingerprint density at radius 2 is 2.14 bits per heavy atom. The zero-order chi connectivity index (χ0) is 10.3. The Balaban J connectivity index is 2.81. The van der Waals surface area contributed by atoms with Crippen molar-refractivity contribution in [2.45, 2.75) is 13.8 Å². The van der Waals surface area contributed by atoms with Crippen molar-refractivity contribution in [2.24, 2.45) is 5.84 Å². The first-order chi connectivity index (χ1) is 6.63. The Morgan fingerprint density at radius 3 is 2.79 bits per heavy atom. The van der Waals surface area contributed by atoms with E-state index in [0.29, 0.717) is 0 Å². The van der Waals surface area contributed by atoms with Crippen molar-refractivity contribution in [2.75, 3.05) is 5.43 Å². The number of aryl methyl sites for hydroxylation is 1. The lowest BCUT2D eigenvalue weighted by molar-refractivity contribution is 1.28. The number of benzene rings is 1. The van der Waals surface area contributed by atoms with Crippen LogP contribution in [0, 0.1) is 13.8 Å². The molecule has 0 aliphatic heterocycles. The summed E-state index contributed by atoms with van der Waals surface area (Å²) in [6, 6.07) is 2.08. The minimum atomic E-state index is 0.751. The van der Waals surface area contributed by atoms with E-state index >= 15 is 0 Å². The quantitative estimate of drug-likeness (QED) is 0.620. The van der Waals surface area contributed by atoms with E-state index in [1.807, 2.05) is 0 Å². The van der Waals surface area contributed by atoms with Gasteiger partial charge in [0, 0.05) is 4.47 Å². The predicted molar refractivity (Wildman–Crippen MR) is 64.6 cm³/mol. The number of rotatable bonds is 1. The van der Waals surface area contributed by atoms with Gasteiger partial charge in [-0.1, -0.05) is 27.3 Å². The lowest BCUT2D eigenvalue weighted by Crippen LogP contribution is -2.05.